The Kier molecular flexibility index (Phi) is 8.09. The van der Waals surface area contributed by atoms with Crippen molar-refractivity contribution in [1.29, 1.82) is 0 Å². The molecule has 2 heterocycles. The molecule has 0 aromatic heterocycles. The molecule has 1 saturated carbocycles. The van der Waals surface area contributed by atoms with Crippen LogP contribution >= 0.6 is 23.5 Å². The van der Waals surface area contributed by atoms with Gasteiger partial charge in [0.15, 0.2) is 0 Å². The fourth-order valence-electron chi connectivity index (χ4n) is 5.44. The Labute approximate surface area is 208 Å². The second-order valence-electron chi connectivity index (χ2n) is 9.35. The number of likely N-dealkylation sites (tertiary alicyclic amines) is 1. The lowest BCUT2D eigenvalue weighted by Gasteiger charge is -2.38. The maximum absolute atomic E-state index is 14.0. The number of rotatable bonds is 3. The number of hydrogen-bond donors (Lipinski definition) is 3. The van der Waals surface area contributed by atoms with Crippen LogP contribution in [0.4, 0.5) is 4.39 Å². The molecule has 0 bridgehead atoms. The minimum atomic E-state index is -1.03. The lowest BCUT2D eigenvalue weighted by Crippen LogP contribution is -2.47. The molecule has 0 spiro atoms. The zero-order valence-electron chi connectivity index (χ0n) is 19.2. The number of nitrogens with zero attached hydrogens (tertiary/aromatic N) is 1. The zero-order valence-corrected chi connectivity index (χ0v) is 20.8. The molecular formula is C26H32FNO4S2. The summed E-state index contributed by atoms with van der Waals surface area (Å²) < 4.78 is 14.0. The normalized spacial score (nSPS) is 27.1. The van der Waals surface area contributed by atoms with Crippen molar-refractivity contribution in [1.82, 2.24) is 4.90 Å². The number of fused-ring (bicyclic) bond motifs is 2. The van der Waals surface area contributed by atoms with Crippen molar-refractivity contribution in [3.05, 3.63) is 58.9 Å². The van der Waals surface area contributed by atoms with Gasteiger partial charge < -0.3 is 25.7 Å². The Hall–Kier alpha value is -1.39. The lowest BCUT2D eigenvalue weighted by molar-refractivity contribution is -0.103. The minimum absolute atomic E-state index is 0. The van der Waals surface area contributed by atoms with E-state index in [1.807, 2.05) is 6.07 Å². The first kappa shape index (κ1) is 25.7. The summed E-state index contributed by atoms with van der Waals surface area (Å²) in [5.74, 6) is -0.0150. The zero-order chi connectivity index (χ0) is 23.1. The van der Waals surface area contributed by atoms with E-state index in [-0.39, 0.29) is 17.2 Å². The summed E-state index contributed by atoms with van der Waals surface area (Å²) in [5.41, 5.74) is 5.06. The number of piperidine rings is 1. The van der Waals surface area contributed by atoms with Crippen molar-refractivity contribution < 1.29 is 25.2 Å². The second kappa shape index (κ2) is 10.7. The highest BCUT2D eigenvalue weighted by atomic mass is 32.2. The van der Waals surface area contributed by atoms with E-state index in [9.17, 15) is 19.7 Å². The van der Waals surface area contributed by atoms with E-state index in [2.05, 4.69) is 29.4 Å². The van der Waals surface area contributed by atoms with Crippen molar-refractivity contribution in [3.63, 3.8) is 0 Å². The van der Waals surface area contributed by atoms with Crippen LogP contribution in [0.3, 0.4) is 0 Å². The Morgan fingerprint density at radius 1 is 0.971 bits per heavy atom. The smallest absolute Gasteiger partial charge is 0.124 e. The number of benzene rings is 2. The third-order valence-electron chi connectivity index (χ3n) is 7.16. The number of aliphatic hydroxyl groups is 3. The average Bonchev–Trinajstić information content (AvgIpc) is 2.81. The molecule has 0 amide bonds. The van der Waals surface area contributed by atoms with Gasteiger partial charge in [-0.1, -0.05) is 23.4 Å². The van der Waals surface area contributed by atoms with Crippen LogP contribution in [0.1, 0.15) is 36.8 Å². The van der Waals surface area contributed by atoms with Crippen molar-refractivity contribution in [2.24, 2.45) is 5.92 Å². The van der Waals surface area contributed by atoms with Crippen LogP contribution in [-0.2, 0) is 0 Å². The van der Waals surface area contributed by atoms with Crippen molar-refractivity contribution in [3.8, 4) is 0 Å². The molecule has 5 nitrogen and oxygen atoms in total. The highest BCUT2D eigenvalue weighted by Crippen LogP contribution is 2.48. The van der Waals surface area contributed by atoms with Crippen molar-refractivity contribution in [2.75, 3.05) is 25.9 Å². The predicted molar refractivity (Wildman–Crippen MR) is 135 cm³/mol. The summed E-state index contributed by atoms with van der Waals surface area (Å²) in [4.78, 5) is 5.80. The number of hydrogen-bond acceptors (Lipinski definition) is 6. The van der Waals surface area contributed by atoms with E-state index >= 15 is 0 Å². The summed E-state index contributed by atoms with van der Waals surface area (Å²) in [6, 6.07) is 11.7. The van der Waals surface area contributed by atoms with Gasteiger partial charge in [0.1, 0.15) is 11.9 Å². The van der Waals surface area contributed by atoms with Gasteiger partial charge in [-0.05, 0) is 84.9 Å². The molecule has 2 aromatic carbocycles. The third kappa shape index (κ3) is 5.09. The van der Waals surface area contributed by atoms with E-state index in [1.54, 1.807) is 35.7 Å². The number of aliphatic hydroxyl groups excluding tert-OH is 3. The molecule has 0 radical (unpaired) electrons. The molecule has 34 heavy (non-hydrogen) atoms. The van der Waals surface area contributed by atoms with E-state index in [1.165, 1.54) is 26.5 Å². The van der Waals surface area contributed by atoms with Gasteiger partial charge in [0.25, 0.3) is 0 Å². The SMILES string of the molecule is CSc1ccc2c(c1)C(=C1CCN(CC3CC(O)C(O)C(O)C3)CC1)c1ccc(F)cc1S2.O. The summed E-state index contributed by atoms with van der Waals surface area (Å²) in [7, 11) is 0. The Balaban J connectivity index is 0.00000274. The van der Waals surface area contributed by atoms with Gasteiger partial charge >= 0.3 is 0 Å². The standard InChI is InChI=1S/C26H30FNO3S2.H2O/c1-32-18-3-5-23-20(13-18)25(19-4-2-17(27)12-24(19)33-23)16-6-8-28(9-7-16)14-15-10-21(29)26(31)22(30)11-15;/h2-5,12-13,15,21-22,26,29-31H,6-11,14H2,1H3;1H2. The molecule has 2 unspecified atom stereocenters. The maximum atomic E-state index is 14.0. The monoisotopic (exact) mass is 505 g/mol. The first-order chi connectivity index (χ1) is 15.9. The first-order valence-corrected chi connectivity index (χ1v) is 13.6. The van der Waals surface area contributed by atoms with Crippen molar-refractivity contribution in [2.45, 2.75) is 58.7 Å². The van der Waals surface area contributed by atoms with Crippen LogP contribution in [-0.4, -0.2) is 69.9 Å². The molecule has 5 N–H and O–H groups in total. The van der Waals surface area contributed by atoms with E-state index in [0.29, 0.717) is 12.8 Å². The van der Waals surface area contributed by atoms with Crippen molar-refractivity contribution >= 4 is 29.1 Å². The average molecular weight is 506 g/mol. The number of thioether (sulfide) groups is 1. The lowest BCUT2D eigenvalue weighted by atomic mass is 9.82. The summed E-state index contributed by atoms with van der Waals surface area (Å²) in [5, 5.41) is 29.9. The molecule has 2 atom stereocenters. The van der Waals surface area contributed by atoms with Crippen LogP contribution in [0.15, 0.2) is 56.7 Å². The predicted octanol–water partition coefficient (Wildman–Crippen LogP) is 3.58. The molecule has 8 heteroatoms. The largest absolute Gasteiger partial charge is 0.412 e. The molecule has 5 rings (SSSR count). The third-order valence-corrected chi connectivity index (χ3v) is 9.02. The highest BCUT2D eigenvalue weighted by molar-refractivity contribution is 7.99. The van der Waals surface area contributed by atoms with Crippen LogP contribution < -0.4 is 0 Å². The molecule has 2 aromatic rings. The fraction of sp³-hybridized carbons (Fsp3) is 0.462. The topological polar surface area (TPSA) is 95.4 Å². The van der Waals surface area contributed by atoms with Crippen LogP contribution in [0.2, 0.25) is 0 Å². The van der Waals surface area contributed by atoms with Gasteiger partial charge in [0.2, 0.25) is 0 Å². The molecule has 1 aliphatic carbocycles. The van der Waals surface area contributed by atoms with Gasteiger partial charge in [0, 0.05) is 34.3 Å². The molecule has 184 valence electrons. The van der Waals surface area contributed by atoms with Gasteiger partial charge in [-0.2, -0.15) is 0 Å². The van der Waals surface area contributed by atoms with Gasteiger partial charge in [0.05, 0.1) is 12.2 Å². The fourth-order valence-corrected chi connectivity index (χ4v) is 6.97. The van der Waals surface area contributed by atoms with Gasteiger partial charge in [-0.3, -0.25) is 0 Å². The van der Waals surface area contributed by atoms with Gasteiger partial charge in [-0.25, -0.2) is 4.39 Å². The quantitative estimate of drug-likeness (QED) is 0.471. The molecule has 2 fully saturated rings. The molecule has 1 saturated heterocycles. The Morgan fingerprint density at radius 2 is 1.68 bits per heavy atom. The van der Waals surface area contributed by atoms with E-state index in [0.717, 1.165) is 42.9 Å². The van der Waals surface area contributed by atoms with E-state index in [4.69, 9.17) is 0 Å². The molecular weight excluding hydrogens is 473 g/mol. The van der Waals surface area contributed by atoms with Crippen LogP contribution in [0, 0.1) is 11.7 Å². The van der Waals surface area contributed by atoms with Gasteiger partial charge in [-0.15, -0.1) is 11.8 Å². The Bertz CT molecular complexity index is 1060. The second-order valence-corrected chi connectivity index (χ2v) is 11.3. The summed E-state index contributed by atoms with van der Waals surface area (Å²) >= 11 is 3.38. The van der Waals surface area contributed by atoms with Crippen LogP contribution in [0.25, 0.3) is 5.57 Å². The summed E-state index contributed by atoms with van der Waals surface area (Å²) in [6.07, 6.45) is 2.32. The first-order valence-electron chi connectivity index (χ1n) is 11.6. The Morgan fingerprint density at radius 3 is 2.35 bits per heavy atom. The number of halogens is 1. The highest BCUT2D eigenvalue weighted by Gasteiger charge is 2.36. The summed E-state index contributed by atoms with van der Waals surface area (Å²) in [6.45, 7) is 2.67. The van der Waals surface area contributed by atoms with Crippen LogP contribution in [0.5, 0.6) is 0 Å². The maximum Gasteiger partial charge on any atom is 0.124 e. The minimum Gasteiger partial charge on any atom is -0.412 e. The molecule has 2 aliphatic heterocycles. The van der Waals surface area contributed by atoms with E-state index < -0.39 is 18.3 Å². The molecule has 3 aliphatic rings.